The Morgan fingerprint density at radius 3 is 2.11 bits per heavy atom. The molecule has 0 bridgehead atoms. The number of carbonyl (C=O) groups is 2. The first-order valence-electron chi connectivity index (χ1n) is 9.24. The Morgan fingerprint density at radius 1 is 1.04 bits per heavy atom. The molecular weight excluding hydrogens is 380 g/mol. The third-order valence-electron chi connectivity index (χ3n) is 3.87. The zero-order chi connectivity index (χ0) is 21.5. The van der Waals surface area contributed by atoms with Crippen molar-refractivity contribution in [3.63, 3.8) is 0 Å². The van der Waals surface area contributed by atoms with Crippen LogP contribution in [-0.2, 0) is 24.2 Å². The fourth-order valence-corrected chi connectivity index (χ4v) is 3.62. The normalized spacial score (nSPS) is 12.1. The molecule has 0 atom stereocenters. The molecule has 0 aromatic heterocycles. The summed E-state index contributed by atoms with van der Waals surface area (Å²) in [4.78, 5) is 28.2. The molecule has 8 heteroatoms. The topological polar surface area (TPSA) is 84.0 Å². The van der Waals surface area contributed by atoms with E-state index in [1.54, 1.807) is 45.0 Å². The summed E-state index contributed by atoms with van der Waals surface area (Å²) in [7, 11) is 0.150. The standard InChI is InChI=1S/C20H32N2O5S/c1-16-7-9-17(10-8-16)28(25,26)14-11-18(23)22(13-12-21(5)6)15-19(24)27-20(2,3)4/h7-10H,11-15H2,1-6H3. The Bertz CT molecular complexity index is 765. The van der Waals surface area contributed by atoms with Crippen LogP contribution in [0.3, 0.4) is 0 Å². The Kier molecular flexibility index (Phi) is 8.63. The number of carbonyl (C=O) groups excluding carboxylic acids is 2. The Hall–Kier alpha value is -1.93. The van der Waals surface area contributed by atoms with Gasteiger partial charge in [0.05, 0.1) is 10.6 Å². The molecule has 0 unspecified atom stereocenters. The van der Waals surface area contributed by atoms with Crippen molar-refractivity contribution in [2.24, 2.45) is 0 Å². The summed E-state index contributed by atoms with van der Waals surface area (Å²) in [6.07, 6.45) is -0.188. The lowest BCUT2D eigenvalue weighted by atomic mass is 10.2. The number of hydrogen-bond donors (Lipinski definition) is 0. The molecule has 0 heterocycles. The highest BCUT2D eigenvalue weighted by Gasteiger charge is 2.24. The molecule has 0 aliphatic rings. The summed E-state index contributed by atoms with van der Waals surface area (Å²) in [5.41, 5.74) is 0.310. The first-order valence-corrected chi connectivity index (χ1v) is 10.9. The Balaban J connectivity index is 2.79. The summed E-state index contributed by atoms with van der Waals surface area (Å²) in [6.45, 7) is 7.81. The van der Waals surface area contributed by atoms with Gasteiger partial charge in [-0.25, -0.2) is 8.42 Å². The van der Waals surface area contributed by atoms with Crippen molar-refractivity contribution in [3.05, 3.63) is 29.8 Å². The van der Waals surface area contributed by atoms with E-state index in [1.807, 2.05) is 25.9 Å². The van der Waals surface area contributed by atoms with Gasteiger partial charge in [-0.2, -0.15) is 0 Å². The van der Waals surface area contributed by atoms with Gasteiger partial charge in [-0.05, 0) is 53.9 Å². The molecule has 0 saturated carbocycles. The molecule has 158 valence electrons. The SMILES string of the molecule is Cc1ccc(S(=O)(=O)CCC(=O)N(CCN(C)C)CC(=O)OC(C)(C)C)cc1. The van der Waals surface area contributed by atoms with E-state index in [9.17, 15) is 18.0 Å². The zero-order valence-corrected chi connectivity index (χ0v) is 18.5. The smallest absolute Gasteiger partial charge is 0.326 e. The average molecular weight is 413 g/mol. The molecule has 7 nitrogen and oxygen atoms in total. The van der Waals surface area contributed by atoms with E-state index in [0.29, 0.717) is 13.1 Å². The molecule has 28 heavy (non-hydrogen) atoms. The van der Waals surface area contributed by atoms with Gasteiger partial charge in [0.15, 0.2) is 9.84 Å². The van der Waals surface area contributed by atoms with Crippen molar-refractivity contribution in [2.45, 2.75) is 44.6 Å². The molecule has 0 fully saturated rings. The lowest BCUT2D eigenvalue weighted by Gasteiger charge is -2.26. The predicted molar refractivity (Wildman–Crippen MR) is 109 cm³/mol. The summed E-state index contributed by atoms with van der Waals surface area (Å²) in [5.74, 6) is -1.20. The van der Waals surface area contributed by atoms with Gasteiger partial charge in [0.25, 0.3) is 0 Å². The number of likely N-dealkylation sites (N-methyl/N-ethyl adjacent to an activating group) is 1. The number of amides is 1. The minimum absolute atomic E-state index is 0.188. The van der Waals surface area contributed by atoms with Crippen LogP contribution in [0.5, 0.6) is 0 Å². The summed E-state index contributed by atoms with van der Waals surface area (Å²) in [5, 5.41) is 0. The van der Waals surface area contributed by atoms with Crippen LogP contribution < -0.4 is 0 Å². The van der Waals surface area contributed by atoms with E-state index >= 15 is 0 Å². The molecule has 1 rings (SSSR count). The quantitative estimate of drug-likeness (QED) is 0.576. The second-order valence-corrected chi connectivity index (χ2v) is 10.2. The van der Waals surface area contributed by atoms with Crippen molar-refractivity contribution >= 4 is 21.7 Å². The largest absolute Gasteiger partial charge is 0.459 e. The van der Waals surface area contributed by atoms with Crippen LogP contribution in [0.25, 0.3) is 0 Å². The van der Waals surface area contributed by atoms with Gasteiger partial charge >= 0.3 is 5.97 Å². The van der Waals surface area contributed by atoms with Gasteiger partial charge in [-0.15, -0.1) is 0 Å². The van der Waals surface area contributed by atoms with E-state index < -0.39 is 21.4 Å². The fourth-order valence-electron chi connectivity index (χ4n) is 2.39. The molecule has 0 saturated heterocycles. The van der Waals surface area contributed by atoms with Crippen LogP contribution in [0, 0.1) is 6.92 Å². The number of ether oxygens (including phenoxy) is 1. The molecule has 1 amide bonds. The molecule has 1 aromatic rings. The van der Waals surface area contributed by atoms with Gasteiger partial charge in [-0.1, -0.05) is 17.7 Å². The van der Waals surface area contributed by atoms with Crippen LogP contribution in [0.2, 0.25) is 0 Å². The van der Waals surface area contributed by atoms with Crippen molar-refractivity contribution in [3.8, 4) is 0 Å². The maximum atomic E-state index is 12.6. The number of rotatable bonds is 9. The number of hydrogen-bond acceptors (Lipinski definition) is 6. The first kappa shape index (κ1) is 24.1. The molecule has 0 aliphatic carbocycles. The van der Waals surface area contributed by atoms with Gasteiger partial charge in [0.2, 0.25) is 5.91 Å². The summed E-state index contributed by atoms with van der Waals surface area (Å²) < 4.78 is 30.2. The summed E-state index contributed by atoms with van der Waals surface area (Å²) >= 11 is 0. The lowest BCUT2D eigenvalue weighted by molar-refractivity contribution is -0.158. The van der Waals surface area contributed by atoms with E-state index in [-0.39, 0.29) is 29.5 Å². The fraction of sp³-hybridized carbons (Fsp3) is 0.600. The third-order valence-corrected chi connectivity index (χ3v) is 5.61. The van der Waals surface area contributed by atoms with E-state index in [4.69, 9.17) is 4.74 Å². The average Bonchev–Trinajstić information content (AvgIpc) is 2.55. The number of aryl methyl sites for hydroxylation is 1. The lowest BCUT2D eigenvalue weighted by Crippen LogP contribution is -2.42. The van der Waals surface area contributed by atoms with Crippen molar-refractivity contribution in [1.82, 2.24) is 9.80 Å². The van der Waals surface area contributed by atoms with Crippen molar-refractivity contribution < 1.29 is 22.7 Å². The van der Waals surface area contributed by atoms with Crippen LogP contribution in [-0.4, -0.2) is 75.2 Å². The Labute approximate surface area is 168 Å². The van der Waals surface area contributed by atoms with Crippen LogP contribution in [0.4, 0.5) is 0 Å². The van der Waals surface area contributed by atoms with Gasteiger partial charge in [-0.3, -0.25) is 9.59 Å². The number of nitrogens with zero attached hydrogens (tertiary/aromatic N) is 2. The van der Waals surface area contributed by atoms with Crippen LogP contribution in [0.15, 0.2) is 29.2 Å². The van der Waals surface area contributed by atoms with Crippen molar-refractivity contribution in [2.75, 3.05) is 39.5 Å². The first-order chi connectivity index (χ1) is 12.8. The molecule has 0 N–H and O–H groups in total. The number of benzene rings is 1. The Morgan fingerprint density at radius 2 is 1.61 bits per heavy atom. The second-order valence-electron chi connectivity index (χ2n) is 8.09. The van der Waals surface area contributed by atoms with Crippen LogP contribution in [0.1, 0.15) is 32.8 Å². The summed E-state index contributed by atoms with van der Waals surface area (Å²) in [6, 6.07) is 6.53. The highest BCUT2D eigenvalue weighted by molar-refractivity contribution is 7.91. The van der Waals surface area contributed by atoms with Gasteiger partial charge < -0.3 is 14.5 Å². The highest BCUT2D eigenvalue weighted by Crippen LogP contribution is 2.14. The minimum Gasteiger partial charge on any atom is -0.459 e. The molecular formula is C20H32N2O5S. The van der Waals surface area contributed by atoms with Gasteiger partial charge in [0, 0.05) is 19.5 Å². The van der Waals surface area contributed by atoms with Gasteiger partial charge in [0.1, 0.15) is 12.1 Å². The maximum absolute atomic E-state index is 12.6. The number of esters is 1. The second kappa shape index (κ2) is 10.0. The number of sulfone groups is 1. The van der Waals surface area contributed by atoms with E-state index in [2.05, 4.69) is 0 Å². The molecule has 0 spiro atoms. The third kappa shape index (κ3) is 8.84. The molecule has 0 aliphatic heterocycles. The van der Waals surface area contributed by atoms with Crippen molar-refractivity contribution in [1.29, 1.82) is 0 Å². The monoisotopic (exact) mass is 412 g/mol. The molecule has 1 aromatic carbocycles. The van der Waals surface area contributed by atoms with Crippen LogP contribution >= 0.6 is 0 Å². The van der Waals surface area contributed by atoms with E-state index in [0.717, 1.165) is 5.56 Å². The highest BCUT2D eigenvalue weighted by atomic mass is 32.2. The minimum atomic E-state index is -3.57. The zero-order valence-electron chi connectivity index (χ0n) is 17.7. The predicted octanol–water partition coefficient (Wildman–Crippen LogP) is 1.89. The van der Waals surface area contributed by atoms with E-state index in [1.165, 1.54) is 4.90 Å². The maximum Gasteiger partial charge on any atom is 0.326 e. The molecule has 0 radical (unpaired) electrons.